The Kier molecular flexibility index (Phi) is 4.44. The molecule has 2 heterocycles. The van der Waals surface area contributed by atoms with Gasteiger partial charge in [0.1, 0.15) is 5.69 Å². The van der Waals surface area contributed by atoms with E-state index >= 15 is 0 Å². The third-order valence-corrected chi connectivity index (χ3v) is 4.08. The van der Waals surface area contributed by atoms with Gasteiger partial charge in [-0.2, -0.15) is 5.10 Å². The molecule has 0 aliphatic carbocycles. The van der Waals surface area contributed by atoms with Gasteiger partial charge in [0.15, 0.2) is 0 Å². The molecule has 1 aliphatic heterocycles. The summed E-state index contributed by atoms with van der Waals surface area (Å²) < 4.78 is 25.1. The van der Waals surface area contributed by atoms with Gasteiger partial charge in [0, 0.05) is 24.8 Å². The molecule has 8 heteroatoms. The third kappa shape index (κ3) is 3.80. The number of aromatic nitrogens is 2. The Hall–Kier alpha value is -1.41. The topological polar surface area (TPSA) is 95.2 Å². The Morgan fingerprint density at radius 3 is 2.95 bits per heavy atom. The molecule has 1 fully saturated rings. The Labute approximate surface area is 118 Å². The molecule has 2 N–H and O–H groups in total. The van der Waals surface area contributed by atoms with Crippen LogP contribution in [0.1, 0.15) is 35.9 Å². The van der Waals surface area contributed by atoms with Gasteiger partial charge in [-0.15, -0.1) is 0 Å². The number of hydrogen-bond donors (Lipinski definition) is 2. The second-order valence-corrected chi connectivity index (χ2v) is 6.89. The molecule has 7 nitrogen and oxygen atoms in total. The Morgan fingerprint density at radius 1 is 1.60 bits per heavy atom. The summed E-state index contributed by atoms with van der Waals surface area (Å²) in [6.45, 7) is 3.00. The van der Waals surface area contributed by atoms with Crippen molar-refractivity contribution >= 4 is 15.9 Å². The fourth-order valence-electron chi connectivity index (χ4n) is 2.37. The fourth-order valence-corrected chi connectivity index (χ4v) is 3.17. The number of hydrogen-bond acceptors (Lipinski definition) is 4. The van der Waals surface area contributed by atoms with Gasteiger partial charge in [-0.05, 0) is 25.3 Å². The zero-order valence-corrected chi connectivity index (χ0v) is 12.5. The van der Waals surface area contributed by atoms with Crippen LogP contribution in [0.5, 0.6) is 0 Å². The van der Waals surface area contributed by atoms with Crippen LogP contribution in [0, 0.1) is 0 Å². The fraction of sp³-hybridized carbons (Fsp3) is 0.667. The minimum atomic E-state index is -3.25. The van der Waals surface area contributed by atoms with E-state index in [0.29, 0.717) is 18.8 Å². The van der Waals surface area contributed by atoms with E-state index in [9.17, 15) is 13.2 Å². The minimum Gasteiger partial charge on any atom is -0.336 e. The summed E-state index contributed by atoms with van der Waals surface area (Å²) in [5.74, 6) is -0.152. The van der Waals surface area contributed by atoms with Gasteiger partial charge < -0.3 is 4.90 Å². The van der Waals surface area contributed by atoms with Crippen LogP contribution in [0.3, 0.4) is 0 Å². The molecule has 2 rings (SSSR count). The molecule has 112 valence electrons. The number of likely N-dealkylation sites (tertiary alicyclic amines) is 1. The first-order chi connectivity index (χ1) is 9.39. The first-order valence-electron chi connectivity index (χ1n) is 6.70. The average molecular weight is 300 g/mol. The van der Waals surface area contributed by atoms with Gasteiger partial charge in [0.2, 0.25) is 10.0 Å². The number of H-pyrrole nitrogens is 1. The highest BCUT2D eigenvalue weighted by molar-refractivity contribution is 7.88. The van der Waals surface area contributed by atoms with Gasteiger partial charge in [-0.25, -0.2) is 13.1 Å². The van der Waals surface area contributed by atoms with Crippen molar-refractivity contribution in [2.75, 3.05) is 19.3 Å². The van der Waals surface area contributed by atoms with Crippen LogP contribution >= 0.6 is 0 Å². The van der Waals surface area contributed by atoms with E-state index < -0.39 is 10.0 Å². The Balaban J connectivity index is 2.03. The molecular weight excluding hydrogens is 280 g/mol. The molecule has 1 aromatic heterocycles. The van der Waals surface area contributed by atoms with Crippen LogP contribution in [0.2, 0.25) is 0 Å². The van der Waals surface area contributed by atoms with Gasteiger partial charge >= 0.3 is 0 Å². The van der Waals surface area contributed by atoms with Crippen molar-refractivity contribution in [1.82, 2.24) is 19.8 Å². The second-order valence-electron chi connectivity index (χ2n) is 5.11. The number of nitrogens with one attached hydrogen (secondary N) is 2. The highest BCUT2D eigenvalue weighted by atomic mass is 32.2. The smallest absolute Gasteiger partial charge is 0.274 e. The Bertz CT molecular complexity index is 581. The van der Waals surface area contributed by atoms with Crippen LogP contribution in [0.15, 0.2) is 6.07 Å². The van der Waals surface area contributed by atoms with Crippen molar-refractivity contribution < 1.29 is 13.2 Å². The van der Waals surface area contributed by atoms with Crippen LogP contribution in [-0.4, -0.2) is 54.8 Å². The summed E-state index contributed by atoms with van der Waals surface area (Å²) in [5, 5.41) is 6.82. The van der Waals surface area contributed by atoms with Crippen molar-refractivity contribution in [2.24, 2.45) is 0 Å². The van der Waals surface area contributed by atoms with Crippen molar-refractivity contribution in [3.05, 3.63) is 17.5 Å². The quantitative estimate of drug-likeness (QED) is 0.826. The minimum absolute atomic E-state index is 0.152. The lowest BCUT2D eigenvalue weighted by Crippen LogP contribution is -2.49. The standard InChI is InChI=1S/C12H20N4O3S/c1-3-9-7-11(14-13-9)12(17)16-6-4-5-10(8-16)15-20(2,18)19/h7,10,15H,3-6,8H2,1-2H3,(H,13,14). The number of sulfonamides is 1. The molecule has 1 saturated heterocycles. The Morgan fingerprint density at radius 2 is 2.35 bits per heavy atom. The molecule has 1 aromatic rings. The highest BCUT2D eigenvalue weighted by Gasteiger charge is 2.27. The number of amides is 1. The molecule has 1 unspecified atom stereocenters. The normalized spacial score (nSPS) is 20.1. The van der Waals surface area contributed by atoms with E-state index in [0.717, 1.165) is 31.2 Å². The summed E-state index contributed by atoms with van der Waals surface area (Å²) in [6.07, 6.45) is 3.45. The molecule has 20 heavy (non-hydrogen) atoms. The first kappa shape index (κ1) is 15.0. The highest BCUT2D eigenvalue weighted by Crippen LogP contribution is 2.14. The predicted octanol–water partition coefficient (Wildman–Crippen LogP) is 0.126. The number of nitrogens with zero attached hydrogens (tertiary/aromatic N) is 2. The molecule has 0 bridgehead atoms. The molecule has 1 aliphatic rings. The molecule has 0 spiro atoms. The molecule has 0 radical (unpaired) electrons. The molecular formula is C12H20N4O3S. The predicted molar refractivity (Wildman–Crippen MR) is 74.9 cm³/mol. The van der Waals surface area contributed by atoms with E-state index in [1.54, 1.807) is 11.0 Å². The van der Waals surface area contributed by atoms with E-state index in [1.807, 2.05) is 6.92 Å². The van der Waals surface area contributed by atoms with Gasteiger partial charge in [0.05, 0.1) is 6.26 Å². The lowest BCUT2D eigenvalue weighted by molar-refractivity contribution is 0.0697. The first-order valence-corrected chi connectivity index (χ1v) is 8.59. The van der Waals surface area contributed by atoms with Crippen LogP contribution in [-0.2, 0) is 16.4 Å². The van der Waals surface area contributed by atoms with E-state index in [4.69, 9.17) is 0 Å². The molecule has 1 atom stereocenters. The molecule has 0 aromatic carbocycles. The maximum absolute atomic E-state index is 12.3. The molecule has 0 saturated carbocycles. The van der Waals surface area contributed by atoms with Crippen molar-refractivity contribution in [3.63, 3.8) is 0 Å². The zero-order valence-electron chi connectivity index (χ0n) is 11.7. The number of aryl methyl sites for hydroxylation is 1. The average Bonchev–Trinajstić information content (AvgIpc) is 2.85. The summed E-state index contributed by atoms with van der Waals surface area (Å²) in [5.41, 5.74) is 1.30. The van der Waals surface area contributed by atoms with Crippen molar-refractivity contribution in [3.8, 4) is 0 Å². The number of rotatable bonds is 4. The maximum Gasteiger partial charge on any atom is 0.274 e. The SMILES string of the molecule is CCc1cc(C(=O)N2CCCC(NS(C)(=O)=O)C2)n[nH]1. The molecule has 1 amide bonds. The van der Waals surface area contributed by atoms with E-state index in [2.05, 4.69) is 14.9 Å². The third-order valence-electron chi connectivity index (χ3n) is 3.32. The number of carbonyl (C=O) groups is 1. The van der Waals surface area contributed by atoms with Gasteiger partial charge in [-0.3, -0.25) is 9.89 Å². The zero-order chi connectivity index (χ0) is 14.8. The van der Waals surface area contributed by atoms with E-state index in [-0.39, 0.29) is 11.9 Å². The number of aromatic amines is 1. The van der Waals surface area contributed by atoms with Gasteiger partial charge in [0.25, 0.3) is 5.91 Å². The summed E-state index contributed by atoms with van der Waals surface area (Å²) in [7, 11) is -3.25. The van der Waals surface area contributed by atoms with Crippen molar-refractivity contribution in [1.29, 1.82) is 0 Å². The maximum atomic E-state index is 12.3. The largest absolute Gasteiger partial charge is 0.336 e. The van der Waals surface area contributed by atoms with E-state index in [1.165, 1.54) is 0 Å². The summed E-state index contributed by atoms with van der Waals surface area (Å²) in [6, 6.07) is 1.53. The van der Waals surface area contributed by atoms with Crippen LogP contribution < -0.4 is 4.72 Å². The monoisotopic (exact) mass is 300 g/mol. The lowest BCUT2D eigenvalue weighted by atomic mass is 10.1. The summed E-state index contributed by atoms with van der Waals surface area (Å²) >= 11 is 0. The van der Waals surface area contributed by atoms with Crippen LogP contribution in [0.4, 0.5) is 0 Å². The number of piperidine rings is 1. The number of carbonyl (C=O) groups excluding carboxylic acids is 1. The van der Waals surface area contributed by atoms with Crippen LogP contribution in [0.25, 0.3) is 0 Å². The van der Waals surface area contributed by atoms with Crippen molar-refractivity contribution in [2.45, 2.75) is 32.2 Å². The summed E-state index contributed by atoms with van der Waals surface area (Å²) in [4.78, 5) is 14.0. The second kappa shape index (κ2) is 5.92. The lowest BCUT2D eigenvalue weighted by Gasteiger charge is -2.32. The van der Waals surface area contributed by atoms with Gasteiger partial charge in [-0.1, -0.05) is 6.92 Å².